The van der Waals surface area contributed by atoms with Crippen LogP contribution in [0, 0.1) is 0 Å². The molecule has 0 amide bonds. The van der Waals surface area contributed by atoms with Crippen LogP contribution in [0.5, 0.6) is 0 Å². The highest BCUT2D eigenvalue weighted by Crippen LogP contribution is 2.17. The molecule has 0 atom stereocenters. The lowest BCUT2D eigenvalue weighted by atomic mass is 10.0. The smallest absolute Gasteiger partial charge is 0.0314 e. The third kappa shape index (κ3) is 4.84. The molecule has 1 aromatic rings. The van der Waals surface area contributed by atoms with Gasteiger partial charge in [0.2, 0.25) is 0 Å². The standard InChI is InChI=1S/C9H13N.C4H9N/c1-7(2)8-3-5-9(10)6-4-8;1-5-4-2-3-4/h3-7H,10H2,1-2H3;4-5H,2-3H2,1H3. The van der Waals surface area contributed by atoms with Crippen LogP contribution in [0.25, 0.3) is 0 Å². The SMILES string of the molecule is CC(C)c1ccc(N)cc1.CNC1CC1. The minimum Gasteiger partial charge on any atom is -0.399 e. The molecule has 1 aliphatic rings. The first-order chi connectivity index (χ1) is 7.13. The fraction of sp³-hybridized carbons (Fsp3) is 0.538. The van der Waals surface area contributed by atoms with Crippen molar-refractivity contribution in [3.63, 3.8) is 0 Å². The summed E-state index contributed by atoms with van der Waals surface area (Å²) < 4.78 is 0. The number of nitrogens with two attached hydrogens (primary N) is 1. The minimum absolute atomic E-state index is 0.598. The van der Waals surface area contributed by atoms with Gasteiger partial charge in [0.15, 0.2) is 0 Å². The van der Waals surface area contributed by atoms with Gasteiger partial charge in [0, 0.05) is 11.7 Å². The van der Waals surface area contributed by atoms with Crippen LogP contribution in [0.1, 0.15) is 38.2 Å². The topological polar surface area (TPSA) is 38.0 Å². The van der Waals surface area contributed by atoms with Crippen molar-refractivity contribution in [2.75, 3.05) is 12.8 Å². The van der Waals surface area contributed by atoms with Crippen LogP contribution in [0.3, 0.4) is 0 Å². The van der Waals surface area contributed by atoms with Gasteiger partial charge in [-0.2, -0.15) is 0 Å². The van der Waals surface area contributed by atoms with Crippen LogP contribution in [-0.2, 0) is 0 Å². The predicted molar refractivity (Wildman–Crippen MR) is 67.0 cm³/mol. The van der Waals surface area contributed by atoms with Crippen molar-refractivity contribution in [1.29, 1.82) is 0 Å². The second-order valence-corrected chi connectivity index (χ2v) is 4.38. The minimum atomic E-state index is 0.598. The van der Waals surface area contributed by atoms with E-state index >= 15 is 0 Å². The molecule has 2 nitrogen and oxygen atoms in total. The Kier molecular flexibility index (Phi) is 4.63. The quantitative estimate of drug-likeness (QED) is 0.730. The maximum Gasteiger partial charge on any atom is 0.0314 e. The molecule has 0 bridgehead atoms. The molecule has 0 spiro atoms. The molecule has 0 aromatic heterocycles. The van der Waals surface area contributed by atoms with Crippen molar-refractivity contribution in [1.82, 2.24) is 5.32 Å². The Balaban J connectivity index is 0.000000187. The molecule has 0 unspecified atom stereocenters. The van der Waals surface area contributed by atoms with Crippen molar-refractivity contribution in [3.8, 4) is 0 Å². The first kappa shape index (κ1) is 12.1. The zero-order chi connectivity index (χ0) is 11.3. The largest absolute Gasteiger partial charge is 0.399 e. The van der Waals surface area contributed by atoms with Crippen LogP contribution < -0.4 is 11.1 Å². The lowest BCUT2D eigenvalue weighted by Crippen LogP contribution is -2.06. The molecule has 1 saturated carbocycles. The Hall–Kier alpha value is -1.02. The first-order valence-corrected chi connectivity index (χ1v) is 5.66. The van der Waals surface area contributed by atoms with E-state index < -0.39 is 0 Å². The molecule has 1 aliphatic carbocycles. The number of anilines is 1. The average molecular weight is 206 g/mol. The van der Waals surface area contributed by atoms with E-state index in [2.05, 4.69) is 31.3 Å². The van der Waals surface area contributed by atoms with E-state index in [1.807, 2.05) is 19.2 Å². The molecule has 2 rings (SSSR count). The summed E-state index contributed by atoms with van der Waals surface area (Å²) in [6.07, 6.45) is 2.80. The van der Waals surface area contributed by atoms with Crippen molar-refractivity contribution in [2.45, 2.75) is 38.6 Å². The van der Waals surface area contributed by atoms with Crippen LogP contribution in [0.4, 0.5) is 5.69 Å². The monoisotopic (exact) mass is 206 g/mol. The average Bonchev–Trinajstić information content (AvgIpc) is 3.02. The van der Waals surface area contributed by atoms with Gasteiger partial charge in [-0.05, 0) is 43.5 Å². The maximum absolute atomic E-state index is 5.53. The molecule has 0 aliphatic heterocycles. The van der Waals surface area contributed by atoms with Crippen molar-refractivity contribution < 1.29 is 0 Å². The Morgan fingerprint density at radius 1 is 1.20 bits per heavy atom. The predicted octanol–water partition coefficient (Wildman–Crippen LogP) is 2.76. The third-order valence-corrected chi connectivity index (χ3v) is 2.59. The third-order valence-electron chi connectivity index (χ3n) is 2.59. The molecule has 3 N–H and O–H groups in total. The van der Waals surface area contributed by atoms with Crippen LogP contribution in [-0.4, -0.2) is 13.1 Å². The Bertz CT molecular complexity index is 273. The van der Waals surface area contributed by atoms with E-state index in [1.165, 1.54) is 18.4 Å². The highest BCUT2D eigenvalue weighted by atomic mass is 14.9. The van der Waals surface area contributed by atoms with Crippen molar-refractivity contribution in [3.05, 3.63) is 29.8 Å². The highest BCUT2D eigenvalue weighted by molar-refractivity contribution is 5.39. The van der Waals surface area contributed by atoms with E-state index in [4.69, 9.17) is 5.73 Å². The van der Waals surface area contributed by atoms with E-state index in [0.717, 1.165) is 11.7 Å². The van der Waals surface area contributed by atoms with Gasteiger partial charge in [0.1, 0.15) is 0 Å². The summed E-state index contributed by atoms with van der Waals surface area (Å²) in [6, 6.07) is 8.90. The summed E-state index contributed by atoms with van der Waals surface area (Å²) in [7, 11) is 2.01. The molecule has 0 radical (unpaired) electrons. The Morgan fingerprint density at radius 3 is 2.00 bits per heavy atom. The molecule has 15 heavy (non-hydrogen) atoms. The molecule has 84 valence electrons. The van der Waals surface area contributed by atoms with E-state index in [1.54, 1.807) is 0 Å². The maximum atomic E-state index is 5.53. The Labute approximate surface area is 92.9 Å². The van der Waals surface area contributed by atoms with Gasteiger partial charge in [0.05, 0.1) is 0 Å². The van der Waals surface area contributed by atoms with Gasteiger partial charge in [-0.1, -0.05) is 26.0 Å². The van der Waals surface area contributed by atoms with Gasteiger partial charge < -0.3 is 11.1 Å². The van der Waals surface area contributed by atoms with Crippen molar-refractivity contribution >= 4 is 5.69 Å². The molecule has 2 heteroatoms. The number of rotatable bonds is 2. The summed E-state index contributed by atoms with van der Waals surface area (Å²) >= 11 is 0. The summed E-state index contributed by atoms with van der Waals surface area (Å²) in [5.41, 5.74) is 7.71. The van der Waals surface area contributed by atoms with E-state index in [0.29, 0.717) is 5.92 Å². The number of nitrogen functional groups attached to an aromatic ring is 1. The zero-order valence-electron chi connectivity index (χ0n) is 9.96. The molecule has 0 heterocycles. The fourth-order valence-corrected chi connectivity index (χ4v) is 1.25. The fourth-order valence-electron chi connectivity index (χ4n) is 1.25. The highest BCUT2D eigenvalue weighted by Gasteiger charge is 2.17. The summed E-state index contributed by atoms with van der Waals surface area (Å²) in [5, 5.41) is 3.14. The lowest BCUT2D eigenvalue weighted by Gasteiger charge is -2.03. The molecule has 1 fully saturated rings. The number of benzene rings is 1. The molecule has 1 aromatic carbocycles. The van der Waals surface area contributed by atoms with Gasteiger partial charge in [-0.3, -0.25) is 0 Å². The number of hydrogen-bond donors (Lipinski definition) is 2. The molecule has 0 saturated heterocycles. The van der Waals surface area contributed by atoms with E-state index in [9.17, 15) is 0 Å². The second kappa shape index (κ2) is 5.76. The molecular weight excluding hydrogens is 184 g/mol. The van der Waals surface area contributed by atoms with Crippen LogP contribution in [0.2, 0.25) is 0 Å². The Morgan fingerprint density at radius 2 is 1.73 bits per heavy atom. The van der Waals surface area contributed by atoms with Gasteiger partial charge >= 0.3 is 0 Å². The first-order valence-electron chi connectivity index (χ1n) is 5.66. The normalized spacial score (nSPS) is 14.7. The van der Waals surface area contributed by atoms with Crippen molar-refractivity contribution in [2.24, 2.45) is 0 Å². The van der Waals surface area contributed by atoms with Gasteiger partial charge in [-0.25, -0.2) is 0 Å². The van der Waals surface area contributed by atoms with Crippen LogP contribution in [0.15, 0.2) is 24.3 Å². The van der Waals surface area contributed by atoms with Crippen LogP contribution >= 0.6 is 0 Å². The molecular formula is C13H22N2. The van der Waals surface area contributed by atoms with E-state index in [-0.39, 0.29) is 0 Å². The number of hydrogen-bond acceptors (Lipinski definition) is 2. The summed E-state index contributed by atoms with van der Waals surface area (Å²) in [4.78, 5) is 0. The van der Waals surface area contributed by atoms with Gasteiger partial charge in [0.25, 0.3) is 0 Å². The zero-order valence-corrected chi connectivity index (χ0v) is 9.96. The lowest BCUT2D eigenvalue weighted by molar-refractivity contribution is 0.811. The number of nitrogens with one attached hydrogen (secondary N) is 1. The second-order valence-electron chi connectivity index (χ2n) is 4.38. The summed E-state index contributed by atoms with van der Waals surface area (Å²) in [5.74, 6) is 0.598. The van der Waals surface area contributed by atoms with Gasteiger partial charge in [-0.15, -0.1) is 0 Å². The summed E-state index contributed by atoms with van der Waals surface area (Å²) in [6.45, 7) is 4.34.